The quantitative estimate of drug-likeness (QED) is 0.874. The number of rotatable bonds is 4. The summed E-state index contributed by atoms with van der Waals surface area (Å²) in [5.74, 6) is 1.42. The van der Waals surface area contributed by atoms with Crippen LogP contribution in [0.1, 0.15) is 56.9 Å². The molecule has 20 heavy (non-hydrogen) atoms. The minimum Gasteiger partial charge on any atom is -0.348 e. The molecule has 1 aromatic heterocycles. The molecule has 0 spiro atoms. The highest BCUT2D eigenvalue weighted by molar-refractivity contribution is 9.10. The standard InChI is InChI=1S/C16H25BrN2O/c1-4-7-19-10-13(17)9-15(19)16(20)18-14-6-5-11(2)8-12(14)3/h9-12,14H,4-8H2,1-3H3,(H,18,20). The molecule has 112 valence electrons. The van der Waals surface area contributed by atoms with E-state index in [1.165, 1.54) is 12.8 Å². The van der Waals surface area contributed by atoms with E-state index >= 15 is 0 Å². The fourth-order valence-corrected chi connectivity index (χ4v) is 3.68. The summed E-state index contributed by atoms with van der Waals surface area (Å²) < 4.78 is 3.01. The van der Waals surface area contributed by atoms with E-state index in [0.717, 1.165) is 35.5 Å². The number of aromatic nitrogens is 1. The molecule has 1 fully saturated rings. The molecule has 0 saturated heterocycles. The molecule has 0 radical (unpaired) electrons. The number of amides is 1. The summed E-state index contributed by atoms with van der Waals surface area (Å²) in [6.45, 7) is 7.56. The van der Waals surface area contributed by atoms with E-state index in [0.29, 0.717) is 12.0 Å². The molecule has 1 N–H and O–H groups in total. The average Bonchev–Trinajstić information content (AvgIpc) is 2.74. The van der Waals surface area contributed by atoms with E-state index in [4.69, 9.17) is 0 Å². The normalized spacial score (nSPS) is 26.5. The number of nitrogens with one attached hydrogen (secondary N) is 1. The summed E-state index contributed by atoms with van der Waals surface area (Å²) in [5.41, 5.74) is 0.768. The van der Waals surface area contributed by atoms with Crippen LogP contribution in [0.3, 0.4) is 0 Å². The maximum atomic E-state index is 12.5. The first-order valence-corrected chi connectivity index (χ1v) is 8.47. The van der Waals surface area contributed by atoms with E-state index in [1.54, 1.807) is 0 Å². The Balaban J connectivity index is 2.04. The molecule has 1 saturated carbocycles. The van der Waals surface area contributed by atoms with E-state index in [1.807, 2.05) is 16.8 Å². The van der Waals surface area contributed by atoms with Gasteiger partial charge in [0.1, 0.15) is 5.69 Å². The highest BCUT2D eigenvalue weighted by Gasteiger charge is 2.27. The number of halogens is 1. The molecule has 3 atom stereocenters. The molecule has 4 heteroatoms. The largest absolute Gasteiger partial charge is 0.348 e. The number of nitrogens with zero attached hydrogens (tertiary/aromatic N) is 1. The van der Waals surface area contributed by atoms with Gasteiger partial charge >= 0.3 is 0 Å². The zero-order chi connectivity index (χ0) is 14.7. The first-order chi connectivity index (χ1) is 9.51. The van der Waals surface area contributed by atoms with E-state index in [2.05, 4.69) is 42.0 Å². The Morgan fingerprint density at radius 2 is 2.20 bits per heavy atom. The van der Waals surface area contributed by atoms with Crippen LogP contribution in [0.25, 0.3) is 0 Å². The van der Waals surface area contributed by atoms with Crippen LogP contribution in [0.2, 0.25) is 0 Å². The topological polar surface area (TPSA) is 34.0 Å². The smallest absolute Gasteiger partial charge is 0.268 e. The van der Waals surface area contributed by atoms with Gasteiger partial charge in [-0.3, -0.25) is 4.79 Å². The van der Waals surface area contributed by atoms with Crippen molar-refractivity contribution in [3.63, 3.8) is 0 Å². The van der Waals surface area contributed by atoms with Gasteiger partial charge in [-0.25, -0.2) is 0 Å². The molecule has 1 amide bonds. The Bertz CT molecular complexity index is 469. The predicted octanol–water partition coefficient (Wildman–Crippen LogP) is 4.22. The van der Waals surface area contributed by atoms with Crippen LogP contribution in [0.5, 0.6) is 0 Å². The first-order valence-electron chi connectivity index (χ1n) is 7.67. The second-order valence-corrected chi connectivity index (χ2v) is 7.13. The van der Waals surface area contributed by atoms with Crippen LogP contribution in [0.4, 0.5) is 0 Å². The van der Waals surface area contributed by atoms with E-state index in [9.17, 15) is 4.79 Å². The molecule has 0 bridgehead atoms. The average molecular weight is 341 g/mol. The summed E-state index contributed by atoms with van der Waals surface area (Å²) in [7, 11) is 0. The predicted molar refractivity (Wildman–Crippen MR) is 85.9 cm³/mol. The molecular formula is C16H25BrN2O. The van der Waals surface area contributed by atoms with Gasteiger partial charge in [-0.1, -0.05) is 20.8 Å². The van der Waals surface area contributed by atoms with Gasteiger partial charge in [0.2, 0.25) is 0 Å². The summed E-state index contributed by atoms with van der Waals surface area (Å²) in [5, 5.41) is 3.24. The lowest BCUT2D eigenvalue weighted by molar-refractivity contribution is 0.0890. The maximum absolute atomic E-state index is 12.5. The van der Waals surface area contributed by atoms with Crippen molar-refractivity contribution in [2.24, 2.45) is 11.8 Å². The van der Waals surface area contributed by atoms with Crippen molar-refractivity contribution in [3.05, 3.63) is 22.4 Å². The first kappa shape index (κ1) is 15.6. The minimum atomic E-state index is 0.0653. The SMILES string of the molecule is CCCn1cc(Br)cc1C(=O)NC1CCC(C)CC1C. The Kier molecular flexibility index (Phi) is 5.30. The van der Waals surface area contributed by atoms with E-state index < -0.39 is 0 Å². The molecule has 1 aliphatic rings. The number of hydrogen-bond acceptors (Lipinski definition) is 1. The fraction of sp³-hybridized carbons (Fsp3) is 0.688. The Morgan fingerprint density at radius 3 is 2.85 bits per heavy atom. The fourth-order valence-electron chi connectivity index (χ4n) is 3.21. The second-order valence-electron chi connectivity index (χ2n) is 6.21. The van der Waals surface area contributed by atoms with Crippen LogP contribution in [-0.4, -0.2) is 16.5 Å². The van der Waals surface area contributed by atoms with Crippen LogP contribution in [0.15, 0.2) is 16.7 Å². The van der Waals surface area contributed by atoms with Crippen molar-refractivity contribution in [1.29, 1.82) is 0 Å². The number of carbonyl (C=O) groups excluding carboxylic acids is 1. The third-order valence-electron chi connectivity index (χ3n) is 4.31. The third kappa shape index (κ3) is 3.66. The molecule has 2 rings (SSSR count). The Morgan fingerprint density at radius 1 is 1.45 bits per heavy atom. The van der Waals surface area contributed by atoms with Gasteiger partial charge in [0.25, 0.3) is 5.91 Å². The van der Waals surface area contributed by atoms with Crippen LogP contribution in [0, 0.1) is 11.8 Å². The second kappa shape index (κ2) is 6.79. The summed E-state index contributed by atoms with van der Waals surface area (Å²) in [4.78, 5) is 12.5. The van der Waals surface area contributed by atoms with Crippen molar-refractivity contribution < 1.29 is 4.79 Å². The van der Waals surface area contributed by atoms with Gasteiger partial charge in [0.05, 0.1) is 0 Å². The van der Waals surface area contributed by atoms with E-state index in [-0.39, 0.29) is 5.91 Å². The molecule has 0 aromatic carbocycles. The maximum Gasteiger partial charge on any atom is 0.268 e. The molecule has 3 nitrogen and oxygen atoms in total. The summed E-state index contributed by atoms with van der Waals surface area (Å²) in [6, 6.07) is 2.24. The van der Waals surface area contributed by atoms with Crippen molar-refractivity contribution in [1.82, 2.24) is 9.88 Å². The molecule has 3 unspecified atom stereocenters. The molecule has 1 heterocycles. The van der Waals surface area contributed by atoms with Crippen molar-refractivity contribution >= 4 is 21.8 Å². The van der Waals surface area contributed by atoms with Gasteiger partial charge in [-0.2, -0.15) is 0 Å². The monoisotopic (exact) mass is 340 g/mol. The molecule has 0 aliphatic heterocycles. The molecular weight excluding hydrogens is 316 g/mol. The van der Waals surface area contributed by atoms with Crippen molar-refractivity contribution in [2.45, 2.75) is 59.0 Å². The van der Waals surface area contributed by atoms with Crippen LogP contribution < -0.4 is 5.32 Å². The number of carbonyl (C=O) groups is 1. The van der Waals surface area contributed by atoms with Gasteiger partial charge in [0, 0.05) is 23.3 Å². The highest BCUT2D eigenvalue weighted by Crippen LogP contribution is 2.29. The summed E-state index contributed by atoms with van der Waals surface area (Å²) in [6.07, 6.45) is 6.55. The van der Waals surface area contributed by atoms with Crippen LogP contribution in [-0.2, 0) is 6.54 Å². The lowest BCUT2D eigenvalue weighted by Crippen LogP contribution is -2.43. The Labute approximate surface area is 130 Å². The lowest BCUT2D eigenvalue weighted by atomic mass is 9.80. The van der Waals surface area contributed by atoms with Gasteiger partial charge in [-0.15, -0.1) is 0 Å². The van der Waals surface area contributed by atoms with Crippen molar-refractivity contribution in [2.75, 3.05) is 0 Å². The number of hydrogen-bond donors (Lipinski definition) is 1. The Hall–Kier alpha value is -0.770. The molecule has 1 aromatic rings. The van der Waals surface area contributed by atoms with Gasteiger partial charge in [-0.05, 0) is 59.5 Å². The zero-order valence-electron chi connectivity index (χ0n) is 12.7. The van der Waals surface area contributed by atoms with Gasteiger partial charge in [0.15, 0.2) is 0 Å². The molecule has 1 aliphatic carbocycles. The van der Waals surface area contributed by atoms with Crippen LogP contribution >= 0.6 is 15.9 Å². The highest BCUT2D eigenvalue weighted by atomic mass is 79.9. The minimum absolute atomic E-state index is 0.0653. The van der Waals surface area contributed by atoms with Gasteiger partial charge < -0.3 is 9.88 Å². The number of aryl methyl sites for hydroxylation is 1. The zero-order valence-corrected chi connectivity index (χ0v) is 14.2. The third-order valence-corrected chi connectivity index (χ3v) is 4.74. The summed E-state index contributed by atoms with van der Waals surface area (Å²) >= 11 is 3.47. The lowest BCUT2D eigenvalue weighted by Gasteiger charge is -2.33. The van der Waals surface area contributed by atoms with Crippen molar-refractivity contribution in [3.8, 4) is 0 Å².